The van der Waals surface area contributed by atoms with E-state index in [1.54, 1.807) is 0 Å². The molecule has 0 atom stereocenters. The largest absolute Gasteiger partial charge is 0.396 e. The summed E-state index contributed by atoms with van der Waals surface area (Å²) >= 11 is 5.72. The maximum absolute atomic E-state index is 13.8. The van der Waals surface area contributed by atoms with E-state index in [4.69, 9.17) is 22.1 Å². The molecule has 0 bridgehead atoms. The zero-order valence-corrected chi connectivity index (χ0v) is 12.3. The minimum Gasteiger partial charge on any atom is -0.396 e. The minimum absolute atomic E-state index is 0.0790. The number of nitrogens with two attached hydrogens (primary N) is 1. The summed E-state index contributed by atoms with van der Waals surface area (Å²) in [7, 11) is -3.97. The summed E-state index contributed by atoms with van der Waals surface area (Å²) in [6.07, 6.45) is 1.56. The van der Waals surface area contributed by atoms with Crippen molar-refractivity contribution in [2.75, 3.05) is 25.5 Å². The van der Waals surface area contributed by atoms with Crippen LogP contribution in [0.15, 0.2) is 17.0 Å². The number of rotatable bonds is 4. The van der Waals surface area contributed by atoms with Gasteiger partial charge in [-0.05, 0) is 30.9 Å². The van der Waals surface area contributed by atoms with Crippen LogP contribution in [0.5, 0.6) is 0 Å². The van der Waals surface area contributed by atoms with Gasteiger partial charge in [0.1, 0.15) is 4.90 Å². The lowest BCUT2D eigenvalue weighted by Crippen LogP contribution is -2.32. The van der Waals surface area contributed by atoms with Crippen molar-refractivity contribution in [1.82, 2.24) is 4.72 Å². The lowest BCUT2D eigenvalue weighted by Gasteiger charge is -2.22. The first-order chi connectivity index (χ1) is 9.40. The first kappa shape index (κ1) is 15.5. The molecule has 1 aromatic carbocycles. The van der Waals surface area contributed by atoms with Crippen LogP contribution >= 0.6 is 11.6 Å². The molecule has 1 aliphatic heterocycles. The van der Waals surface area contributed by atoms with Crippen LogP contribution < -0.4 is 10.5 Å². The van der Waals surface area contributed by atoms with Gasteiger partial charge in [-0.2, -0.15) is 0 Å². The van der Waals surface area contributed by atoms with Gasteiger partial charge in [0.15, 0.2) is 5.82 Å². The molecule has 0 amide bonds. The highest BCUT2D eigenvalue weighted by Gasteiger charge is 2.23. The van der Waals surface area contributed by atoms with Gasteiger partial charge in [-0.1, -0.05) is 11.6 Å². The van der Waals surface area contributed by atoms with E-state index in [2.05, 4.69) is 4.72 Å². The summed E-state index contributed by atoms with van der Waals surface area (Å²) in [5, 5.41) is 0.0790. The Morgan fingerprint density at radius 1 is 1.40 bits per heavy atom. The van der Waals surface area contributed by atoms with Gasteiger partial charge in [-0.3, -0.25) is 0 Å². The first-order valence-corrected chi connectivity index (χ1v) is 8.08. The third-order valence-corrected chi connectivity index (χ3v) is 4.87. The molecule has 112 valence electrons. The molecule has 0 radical (unpaired) electrons. The number of nitrogen functional groups attached to an aromatic ring is 1. The quantitative estimate of drug-likeness (QED) is 0.828. The predicted molar refractivity (Wildman–Crippen MR) is 74.6 cm³/mol. The highest BCUT2D eigenvalue weighted by atomic mass is 35.5. The second-order valence-electron chi connectivity index (χ2n) is 4.71. The topological polar surface area (TPSA) is 81.4 Å². The number of nitrogens with one attached hydrogen (secondary N) is 1. The van der Waals surface area contributed by atoms with Crippen LogP contribution in [0.1, 0.15) is 12.8 Å². The first-order valence-electron chi connectivity index (χ1n) is 6.22. The van der Waals surface area contributed by atoms with Crippen LogP contribution in [0.2, 0.25) is 5.02 Å². The van der Waals surface area contributed by atoms with Crippen molar-refractivity contribution in [3.8, 4) is 0 Å². The summed E-state index contributed by atoms with van der Waals surface area (Å²) < 4.78 is 45.6. The maximum Gasteiger partial charge on any atom is 0.243 e. The summed E-state index contributed by atoms with van der Waals surface area (Å²) in [4.78, 5) is -0.519. The maximum atomic E-state index is 13.8. The number of hydrogen-bond acceptors (Lipinski definition) is 4. The molecule has 1 fully saturated rings. The molecule has 0 saturated carbocycles. The van der Waals surface area contributed by atoms with Gasteiger partial charge in [0.05, 0.1) is 5.69 Å². The zero-order valence-electron chi connectivity index (χ0n) is 10.7. The Hall–Kier alpha value is -0.890. The molecule has 8 heteroatoms. The molecule has 0 aliphatic carbocycles. The molecule has 20 heavy (non-hydrogen) atoms. The lowest BCUT2D eigenvalue weighted by molar-refractivity contribution is 0.0678. The van der Waals surface area contributed by atoms with Crippen molar-refractivity contribution in [1.29, 1.82) is 0 Å². The van der Waals surface area contributed by atoms with Crippen molar-refractivity contribution in [3.63, 3.8) is 0 Å². The van der Waals surface area contributed by atoms with Gasteiger partial charge in [0, 0.05) is 24.8 Å². The summed E-state index contributed by atoms with van der Waals surface area (Å²) in [5.41, 5.74) is 5.10. The van der Waals surface area contributed by atoms with E-state index in [9.17, 15) is 12.8 Å². The van der Waals surface area contributed by atoms with Crippen LogP contribution in [-0.4, -0.2) is 28.2 Å². The predicted octanol–water partition coefficient (Wildman–Crippen LogP) is 1.77. The monoisotopic (exact) mass is 322 g/mol. The van der Waals surface area contributed by atoms with E-state index >= 15 is 0 Å². The van der Waals surface area contributed by atoms with E-state index in [1.165, 1.54) is 6.07 Å². The average Bonchev–Trinajstić information content (AvgIpc) is 2.42. The zero-order chi connectivity index (χ0) is 14.8. The Kier molecular flexibility index (Phi) is 4.85. The molecule has 1 aromatic rings. The van der Waals surface area contributed by atoms with Gasteiger partial charge in [-0.25, -0.2) is 17.5 Å². The van der Waals surface area contributed by atoms with Crippen molar-refractivity contribution in [2.24, 2.45) is 5.92 Å². The normalized spacial score (nSPS) is 17.3. The van der Waals surface area contributed by atoms with Gasteiger partial charge < -0.3 is 10.5 Å². The second kappa shape index (κ2) is 6.26. The SMILES string of the molecule is Nc1cc(Cl)cc(S(=O)(=O)NCC2CCOCC2)c1F. The van der Waals surface area contributed by atoms with Crippen LogP contribution in [-0.2, 0) is 14.8 Å². The van der Waals surface area contributed by atoms with Crippen molar-refractivity contribution >= 4 is 27.3 Å². The van der Waals surface area contributed by atoms with Crippen LogP contribution in [0.4, 0.5) is 10.1 Å². The minimum atomic E-state index is -3.97. The van der Waals surface area contributed by atoms with Crippen LogP contribution in [0.3, 0.4) is 0 Å². The molecule has 3 N–H and O–H groups in total. The molecule has 0 aromatic heterocycles. The highest BCUT2D eigenvalue weighted by molar-refractivity contribution is 7.89. The standard InChI is InChI=1S/C12H16ClFN2O3S/c13-9-5-10(15)12(14)11(6-9)20(17,18)16-7-8-1-3-19-4-2-8/h5-6,8,16H,1-4,7,15H2. The number of ether oxygens (including phenoxy) is 1. The van der Waals surface area contributed by atoms with E-state index < -0.39 is 20.7 Å². The van der Waals surface area contributed by atoms with Crippen LogP contribution in [0.25, 0.3) is 0 Å². The molecule has 1 heterocycles. The fourth-order valence-electron chi connectivity index (χ4n) is 2.04. The number of sulfonamides is 1. The molecule has 1 aliphatic rings. The van der Waals surface area contributed by atoms with Crippen LogP contribution in [0, 0.1) is 11.7 Å². The Morgan fingerprint density at radius 2 is 2.05 bits per heavy atom. The van der Waals surface area contributed by atoms with Crippen molar-refractivity contribution < 1.29 is 17.5 Å². The molecule has 0 unspecified atom stereocenters. The number of benzene rings is 1. The van der Waals surface area contributed by atoms with Gasteiger partial charge >= 0.3 is 0 Å². The smallest absolute Gasteiger partial charge is 0.243 e. The van der Waals surface area contributed by atoms with Crippen molar-refractivity contribution in [3.05, 3.63) is 23.0 Å². The Labute approximate surface area is 122 Å². The van der Waals surface area contributed by atoms with E-state index in [1.807, 2.05) is 0 Å². The fourth-order valence-corrected chi connectivity index (χ4v) is 3.57. The Morgan fingerprint density at radius 3 is 2.70 bits per heavy atom. The van der Waals surface area contributed by atoms with Crippen molar-refractivity contribution in [2.45, 2.75) is 17.7 Å². The van der Waals surface area contributed by atoms with Gasteiger partial charge in [0.2, 0.25) is 10.0 Å². The summed E-state index contributed by atoms with van der Waals surface area (Å²) in [5.74, 6) is -0.785. The molecule has 2 rings (SSSR count). The second-order valence-corrected chi connectivity index (χ2v) is 6.89. The molecule has 1 saturated heterocycles. The highest BCUT2D eigenvalue weighted by Crippen LogP contribution is 2.25. The Balaban J connectivity index is 2.14. The van der Waals surface area contributed by atoms with E-state index in [0.717, 1.165) is 18.9 Å². The number of hydrogen-bond donors (Lipinski definition) is 2. The summed E-state index contributed by atoms with van der Waals surface area (Å²) in [6, 6.07) is 2.23. The Bertz CT molecular complexity index is 589. The van der Waals surface area contributed by atoms with Gasteiger partial charge in [0.25, 0.3) is 0 Å². The molecule has 0 spiro atoms. The van der Waals surface area contributed by atoms with E-state index in [-0.39, 0.29) is 23.2 Å². The molecular formula is C12H16ClFN2O3S. The number of anilines is 1. The van der Waals surface area contributed by atoms with E-state index in [0.29, 0.717) is 13.2 Å². The average molecular weight is 323 g/mol. The van der Waals surface area contributed by atoms with Gasteiger partial charge in [-0.15, -0.1) is 0 Å². The third-order valence-electron chi connectivity index (χ3n) is 3.22. The fraction of sp³-hybridized carbons (Fsp3) is 0.500. The molecule has 5 nitrogen and oxygen atoms in total. The lowest BCUT2D eigenvalue weighted by atomic mass is 10.0. The summed E-state index contributed by atoms with van der Waals surface area (Å²) in [6.45, 7) is 1.48. The molecular weight excluding hydrogens is 307 g/mol. The number of halogens is 2. The third kappa shape index (κ3) is 3.60.